The summed E-state index contributed by atoms with van der Waals surface area (Å²) in [5.74, 6) is 0.784. The average Bonchev–Trinajstić information content (AvgIpc) is 2.99. The van der Waals surface area contributed by atoms with Crippen molar-refractivity contribution in [2.75, 3.05) is 26.8 Å². The van der Waals surface area contributed by atoms with Crippen molar-refractivity contribution in [3.63, 3.8) is 0 Å². The van der Waals surface area contributed by atoms with Gasteiger partial charge in [-0.3, -0.25) is 14.5 Å². The molecule has 2 atom stereocenters. The van der Waals surface area contributed by atoms with Gasteiger partial charge in [-0.25, -0.2) is 4.79 Å². The molecule has 1 aliphatic heterocycles. The van der Waals surface area contributed by atoms with Gasteiger partial charge in [0.2, 0.25) is 5.91 Å². The van der Waals surface area contributed by atoms with Gasteiger partial charge in [-0.1, -0.05) is 25.8 Å². The summed E-state index contributed by atoms with van der Waals surface area (Å²) in [4.78, 5) is 41.4. The number of ether oxygens (including phenoxy) is 2. The van der Waals surface area contributed by atoms with Gasteiger partial charge in [0.05, 0.1) is 13.7 Å². The predicted octanol–water partition coefficient (Wildman–Crippen LogP) is 2.94. The number of methoxy groups -OCH3 is 1. The van der Waals surface area contributed by atoms with Crippen LogP contribution in [0, 0.1) is 5.92 Å². The molecule has 3 rings (SSSR count). The molecular weight excluding hydrogens is 398 g/mol. The smallest absolute Gasteiger partial charge is 0.325 e. The molecule has 8 heteroatoms. The van der Waals surface area contributed by atoms with E-state index < -0.39 is 11.6 Å². The Morgan fingerprint density at radius 1 is 1.26 bits per heavy atom. The summed E-state index contributed by atoms with van der Waals surface area (Å²) in [6.45, 7) is 6.87. The first-order chi connectivity index (χ1) is 14.9. The molecule has 0 radical (unpaired) electrons. The first-order valence-electron chi connectivity index (χ1n) is 11.1. The SMILES string of the molecule is CCOc1ccc(CN(CC)C(=O)CN2C(=O)N[C@]3(CCCC[C@@H]3C)C2=O)cc1OC. The molecule has 1 saturated carbocycles. The molecule has 1 spiro atoms. The highest BCUT2D eigenvalue weighted by Crippen LogP contribution is 2.38. The van der Waals surface area contributed by atoms with Gasteiger partial charge < -0.3 is 19.7 Å². The Kier molecular flexibility index (Phi) is 7.08. The minimum atomic E-state index is -0.852. The maximum Gasteiger partial charge on any atom is 0.325 e. The van der Waals surface area contributed by atoms with Crippen molar-refractivity contribution in [3.05, 3.63) is 23.8 Å². The minimum absolute atomic E-state index is 0.0661. The van der Waals surface area contributed by atoms with Crippen LogP contribution >= 0.6 is 0 Å². The van der Waals surface area contributed by atoms with Crippen LogP contribution in [0.4, 0.5) is 4.79 Å². The van der Waals surface area contributed by atoms with Gasteiger partial charge in [0, 0.05) is 13.1 Å². The zero-order valence-electron chi connectivity index (χ0n) is 18.9. The van der Waals surface area contributed by atoms with Crippen LogP contribution in [0.3, 0.4) is 0 Å². The second-order valence-electron chi connectivity index (χ2n) is 8.27. The quantitative estimate of drug-likeness (QED) is 0.640. The Morgan fingerprint density at radius 2 is 2.03 bits per heavy atom. The number of likely N-dealkylation sites (N-methyl/N-ethyl adjacent to an activating group) is 1. The number of carbonyl (C=O) groups excluding carboxylic acids is 3. The van der Waals surface area contributed by atoms with Crippen molar-refractivity contribution in [3.8, 4) is 11.5 Å². The first kappa shape index (κ1) is 22.9. The van der Waals surface area contributed by atoms with E-state index in [4.69, 9.17) is 9.47 Å². The van der Waals surface area contributed by atoms with Crippen molar-refractivity contribution in [2.45, 2.75) is 58.5 Å². The number of nitrogens with zero attached hydrogens (tertiary/aromatic N) is 2. The minimum Gasteiger partial charge on any atom is -0.493 e. The summed E-state index contributed by atoms with van der Waals surface area (Å²) >= 11 is 0. The molecule has 1 aromatic carbocycles. The van der Waals surface area contributed by atoms with Gasteiger partial charge in [0.25, 0.3) is 5.91 Å². The van der Waals surface area contributed by atoms with E-state index in [1.807, 2.05) is 39.0 Å². The highest BCUT2D eigenvalue weighted by Gasteiger charge is 2.55. The summed E-state index contributed by atoms with van der Waals surface area (Å²) < 4.78 is 10.9. The number of rotatable bonds is 8. The molecule has 0 unspecified atom stereocenters. The molecule has 1 N–H and O–H groups in total. The van der Waals surface area contributed by atoms with E-state index in [9.17, 15) is 14.4 Å². The second-order valence-corrected chi connectivity index (χ2v) is 8.27. The lowest BCUT2D eigenvalue weighted by Crippen LogP contribution is -2.54. The van der Waals surface area contributed by atoms with Crippen molar-refractivity contribution in [2.24, 2.45) is 5.92 Å². The number of amides is 4. The first-order valence-corrected chi connectivity index (χ1v) is 11.1. The van der Waals surface area contributed by atoms with Crippen molar-refractivity contribution >= 4 is 17.8 Å². The zero-order chi connectivity index (χ0) is 22.6. The molecule has 0 bridgehead atoms. The molecule has 1 saturated heterocycles. The Morgan fingerprint density at radius 3 is 2.68 bits per heavy atom. The van der Waals surface area contributed by atoms with E-state index >= 15 is 0 Å². The van der Waals surface area contributed by atoms with E-state index in [1.54, 1.807) is 12.0 Å². The Hall–Kier alpha value is -2.77. The summed E-state index contributed by atoms with van der Waals surface area (Å²) in [7, 11) is 1.57. The van der Waals surface area contributed by atoms with Crippen molar-refractivity contribution in [1.82, 2.24) is 15.1 Å². The molecule has 2 aliphatic rings. The lowest BCUT2D eigenvalue weighted by molar-refractivity contribution is -0.140. The fraction of sp³-hybridized carbons (Fsp3) is 0.609. The number of imide groups is 1. The van der Waals surface area contributed by atoms with E-state index in [0.29, 0.717) is 37.6 Å². The fourth-order valence-electron chi connectivity index (χ4n) is 4.56. The number of carbonyl (C=O) groups is 3. The van der Waals surface area contributed by atoms with Crippen molar-refractivity contribution in [1.29, 1.82) is 0 Å². The molecule has 1 aromatic rings. The number of hydrogen-bond donors (Lipinski definition) is 1. The monoisotopic (exact) mass is 431 g/mol. The molecule has 4 amide bonds. The van der Waals surface area contributed by atoms with E-state index in [1.165, 1.54) is 0 Å². The van der Waals surface area contributed by atoms with Crippen LogP contribution in [0.25, 0.3) is 0 Å². The third-order valence-electron chi connectivity index (χ3n) is 6.43. The number of nitrogens with one attached hydrogen (secondary N) is 1. The van der Waals surface area contributed by atoms with Gasteiger partial charge in [-0.15, -0.1) is 0 Å². The molecular formula is C23H33N3O5. The fourth-order valence-corrected chi connectivity index (χ4v) is 4.56. The molecule has 170 valence electrons. The summed E-state index contributed by atoms with van der Waals surface area (Å²) in [5.41, 5.74) is 0.0276. The number of urea groups is 1. The molecule has 0 aromatic heterocycles. The van der Waals surface area contributed by atoms with Gasteiger partial charge >= 0.3 is 6.03 Å². The van der Waals surface area contributed by atoms with Crippen LogP contribution in [0.15, 0.2) is 18.2 Å². The van der Waals surface area contributed by atoms with Crippen LogP contribution < -0.4 is 14.8 Å². The third-order valence-corrected chi connectivity index (χ3v) is 6.43. The highest BCUT2D eigenvalue weighted by atomic mass is 16.5. The largest absolute Gasteiger partial charge is 0.493 e. The van der Waals surface area contributed by atoms with Gasteiger partial charge in [-0.2, -0.15) is 0 Å². The van der Waals surface area contributed by atoms with Crippen LogP contribution in [-0.4, -0.2) is 60.0 Å². The zero-order valence-corrected chi connectivity index (χ0v) is 18.9. The van der Waals surface area contributed by atoms with E-state index in [2.05, 4.69) is 5.32 Å². The molecule has 31 heavy (non-hydrogen) atoms. The Balaban J connectivity index is 1.70. The highest BCUT2D eigenvalue weighted by molar-refractivity contribution is 6.09. The maximum atomic E-state index is 13.1. The lowest BCUT2D eigenvalue weighted by atomic mass is 9.73. The number of benzene rings is 1. The van der Waals surface area contributed by atoms with Gasteiger partial charge in [0.1, 0.15) is 12.1 Å². The summed E-state index contributed by atoms with van der Waals surface area (Å²) in [5, 5.41) is 2.90. The van der Waals surface area contributed by atoms with Crippen LogP contribution in [-0.2, 0) is 16.1 Å². The summed E-state index contributed by atoms with van der Waals surface area (Å²) in [6, 6.07) is 5.08. The van der Waals surface area contributed by atoms with Crippen molar-refractivity contribution < 1.29 is 23.9 Å². The number of hydrogen-bond acceptors (Lipinski definition) is 5. The van der Waals surface area contributed by atoms with Crippen LogP contribution in [0.5, 0.6) is 11.5 Å². The third kappa shape index (κ3) is 4.48. The molecule has 2 fully saturated rings. The van der Waals surface area contributed by atoms with Gasteiger partial charge in [-0.05, 0) is 50.3 Å². The molecule has 1 aliphatic carbocycles. The average molecular weight is 432 g/mol. The Labute approximate surface area is 183 Å². The maximum absolute atomic E-state index is 13.1. The predicted molar refractivity (Wildman–Crippen MR) is 116 cm³/mol. The Bertz CT molecular complexity index is 843. The van der Waals surface area contributed by atoms with E-state index in [-0.39, 0.29) is 24.3 Å². The normalized spacial score (nSPS) is 23.1. The van der Waals surface area contributed by atoms with E-state index in [0.717, 1.165) is 29.7 Å². The summed E-state index contributed by atoms with van der Waals surface area (Å²) in [6.07, 6.45) is 3.49. The molecule has 1 heterocycles. The van der Waals surface area contributed by atoms with Crippen LogP contribution in [0.2, 0.25) is 0 Å². The van der Waals surface area contributed by atoms with Gasteiger partial charge in [0.15, 0.2) is 11.5 Å². The molecule has 8 nitrogen and oxygen atoms in total. The van der Waals surface area contributed by atoms with Crippen LogP contribution in [0.1, 0.15) is 52.0 Å². The second kappa shape index (κ2) is 9.58. The topological polar surface area (TPSA) is 88.2 Å². The lowest BCUT2D eigenvalue weighted by Gasteiger charge is -2.36. The standard InChI is InChI=1S/C23H33N3O5/c1-5-25(14-17-10-11-18(31-6-2)19(13-17)30-4)20(27)15-26-21(28)23(24-22(26)29)12-8-7-9-16(23)3/h10-11,13,16H,5-9,12,14-15H2,1-4H3,(H,24,29)/t16-,23-/m0/s1.